The lowest BCUT2D eigenvalue weighted by atomic mass is 9.91. The third kappa shape index (κ3) is 1.24. The van der Waals surface area contributed by atoms with Crippen molar-refractivity contribution in [1.82, 2.24) is 4.90 Å². The van der Waals surface area contributed by atoms with Crippen molar-refractivity contribution >= 4 is 5.91 Å². The number of likely N-dealkylation sites (tertiary alicyclic amines) is 1. The highest BCUT2D eigenvalue weighted by Gasteiger charge is 2.68. The van der Waals surface area contributed by atoms with Crippen molar-refractivity contribution in [3.05, 3.63) is 0 Å². The number of hydrogen-bond donors (Lipinski definition) is 1. The highest BCUT2D eigenvalue weighted by Crippen LogP contribution is 2.71. The maximum atomic E-state index is 12.6. The summed E-state index contributed by atoms with van der Waals surface area (Å²) in [6, 6.07) is 0. The first-order valence-electron chi connectivity index (χ1n) is 7.18. The van der Waals surface area contributed by atoms with Gasteiger partial charge in [0.15, 0.2) is 0 Å². The van der Waals surface area contributed by atoms with Gasteiger partial charge in [-0.05, 0) is 43.9 Å². The van der Waals surface area contributed by atoms with E-state index >= 15 is 0 Å². The van der Waals surface area contributed by atoms with E-state index in [2.05, 4.69) is 4.90 Å². The number of aliphatic hydroxyl groups excluding tert-OH is 1. The Morgan fingerprint density at radius 3 is 2.47 bits per heavy atom. The molecule has 1 amide bonds. The summed E-state index contributed by atoms with van der Waals surface area (Å²) in [6.45, 7) is 0.798. The largest absolute Gasteiger partial charge is 0.391 e. The molecule has 4 fully saturated rings. The Morgan fingerprint density at radius 2 is 1.88 bits per heavy atom. The van der Waals surface area contributed by atoms with Crippen LogP contribution < -0.4 is 0 Å². The highest BCUT2D eigenvalue weighted by atomic mass is 16.3. The van der Waals surface area contributed by atoms with Crippen molar-refractivity contribution < 1.29 is 9.90 Å². The lowest BCUT2D eigenvalue weighted by molar-refractivity contribution is -0.139. The molecular weight excluding hydrogens is 214 g/mol. The van der Waals surface area contributed by atoms with Gasteiger partial charge < -0.3 is 10.0 Å². The molecule has 1 aliphatic heterocycles. The zero-order valence-electron chi connectivity index (χ0n) is 10.3. The molecular formula is C14H21NO2. The standard InChI is InChI=1S/C14H21NO2/c16-11-3-8-15(14(11)4-1-2-5-14)12(17)10-9-13(10)6-7-13/h10-11,16H,1-9H2. The molecule has 3 aliphatic carbocycles. The molecule has 0 aromatic carbocycles. The molecule has 2 atom stereocenters. The maximum Gasteiger partial charge on any atom is 0.226 e. The van der Waals surface area contributed by atoms with Crippen molar-refractivity contribution in [1.29, 1.82) is 0 Å². The van der Waals surface area contributed by atoms with E-state index in [1.54, 1.807) is 0 Å². The predicted molar refractivity (Wildman–Crippen MR) is 63.3 cm³/mol. The molecule has 1 N–H and O–H groups in total. The summed E-state index contributed by atoms with van der Waals surface area (Å²) in [4.78, 5) is 14.7. The van der Waals surface area contributed by atoms with Crippen LogP contribution in [0.1, 0.15) is 51.4 Å². The van der Waals surface area contributed by atoms with Crippen molar-refractivity contribution in [2.24, 2.45) is 11.3 Å². The van der Waals surface area contributed by atoms with Gasteiger partial charge >= 0.3 is 0 Å². The second-order valence-corrected chi connectivity index (χ2v) is 6.72. The summed E-state index contributed by atoms with van der Waals surface area (Å²) in [6.07, 6.45) is 8.62. The van der Waals surface area contributed by atoms with Crippen molar-refractivity contribution in [3.8, 4) is 0 Å². The van der Waals surface area contributed by atoms with Gasteiger partial charge in [0.2, 0.25) is 5.91 Å². The van der Waals surface area contributed by atoms with Gasteiger partial charge in [-0.1, -0.05) is 12.8 Å². The molecule has 4 rings (SSSR count). The summed E-state index contributed by atoms with van der Waals surface area (Å²) >= 11 is 0. The molecule has 94 valence electrons. The van der Waals surface area contributed by atoms with Crippen LogP contribution >= 0.6 is 0 Å². The molecule has 4 aliphatic rings. The van der Waals surface area contributed by atoms with Crippen LogP contribution in [0.2, 0.25) is 0 Å². The Kier molecular flexibility index (Phi) is 1.86. The van der Waals surface area contributed by atoms with Gasteiger partial charge in [-0.25, -0.2) is 0 Å². The zero-order chi connectivity index (χ0) is 11.7. The lowest BCUT2D eigenvalue weighted by Gasteiger charge is -2.37. The quantitative estimate of drug-likeness (QED) is 0.751. The smallest absolute Gasteiger partial charge is 0.226 e. The Morgan fingerprint density at radius 1 is 1.18 bits per heavy atom. The zero-order valence-corrected chi connectivity index (χ0v) is 10.3. The van der Waals surface area contributed by atoms with Gasteiger partial charge in [0.1, 0.15) is 0 Å². The van der Waals surface area contributed by atoms with E-state index in [0.717, 1.165) is 32.2 Å². The highest BCUT2D eigenvalue weighted by molar-refractivity contribution is 5.84. The Hall–Kier alpha value is -0.570. The monoisotopic (exact) mass is 235 g/mol. The molecule has 2 spiro atoms. The number of hydrogen-bond acceptors (Lipinski definition) is 2. The third-order valence-electron chi connectivity index (χ3n) is 5.90. The molecule has 17 heavy (non-hydrogen) atoms. The minimum atomic E-state index is -0.261. The summed E-state index contributed by atoms with van der Waals surface area (Å²) in [5.74, 6) is 0.700. The first-order valence-corrected chi connectivity index (χ1v) is 7.18. The Balaban J connectivity index is 1.58. The molecule has 3 saturated carbocycles. The second kappa shape index (κ2) is 3.05. The van der Waals surface area contributed by atoms with Crippen LogP contribution in [0.4, 0.5) is 0 Å². The summed E-state index contributed by atoms with van der Waals surface area (Å²) < 4.78 is 0. The van der Waals surface area contributed by atoms with Gasteiger partial charge in [0, 0.05) is 12.5 Å². The van der Waals surface area contributed by atoms with E-state index in [1.165, 1.54) is 25.7 Å². The minimum Gasteiger partial charge on any atom is -0.391 e. The van der Waals surface area contributed by atoms with Crippen LogP contribution in [0.25, 0.3) is 0 Å². The maximum absolute atomic E-state index is 12.6. The van der Waals surface area contributed by atoms with Gasteiger partial charge in [0.25, 0.3) is 0 Å². The summed E-state index contributed by atoms with van der Waals surface area (Å²) in [5.41, 5.74) is 0.292. The van der Waals surface area contributed by atoms with Crippen LogP contribution in [0.15, 0.2) is 0 Å². The van der Waals surface area contributed by atoms with Crippen LogP contribution in [0.5, 0.6) is 0 Å². The number of amides is 1. The normalized spacial score (nSPS) is 40.2. The fourth-order valence-electron chi connectivity index (χ4n) is 4.44. The van der Waals surface area contributed by atoms with E-state index in [-0.39, 0.29) is 11.6 Å². The first-order chi connectivity index (χ1) is 8.18. The molecule has 0 radical (unpaired) electrons. The number of rotatable bonds is 1. The number of carbonyl (C=O) groups excluding carboxylic acids is 1. The summed E-state index contributed by atoms with van der Waals surface area (Å²) in [7, 11) is 0. The number of aliphatic hydroxyl groups is 1. The topological polar surface area (TPSA) is 40.5 Å². The summed E-state index contributed by atoms with van der Waals surface area (Å²) in [5, 5.41) is 10.3. The first kappa shape index (κ1) is 10.4. The molecule has 3 heteroatoms. The molecule has 0 aromatic rings. The van der Waals surface area contributed by atoms with E-state index in [9.17, 15) is 9.90 Å². The Bertz CT molecular complexity index is 368. The van der Waals surface area contributed by atoms with E-state index in [0.29, 0.717) is 17.2 Å². The molecule has 1 saturated heterocycles. The predicted octanol–water partition coefficient (Wildman–Crippen LogP) is 1.69. The number of nitrogens with zero attached hydrogens (tertiary/aromatic N) is 1. The molecule has 3 nitrogen and oxygen atoms in total. The van der Waals surface area contributed by atoms with Gasteiger partial charge in [-0.3, -0.25) is 4.79 Å². The van der Waals surface area contributed by atoms with Crippen LogP contribution in [0.3, 0.4) is 0 Å². The van der Waals surface area contributed by atoms with Crippen LogP contribution in [-0.2, 0) is 4.79 Å². The van der Waals surface area contributed by atoms with E-state index in [4.69, 9.17) is 0 Å². The molecule has 2 unspecified atom stereocenters. The second-order valence-electron chi connectivity index (χ2n) is 6.72. The Labute approximate surface area is 102 Å². The average molecular weight is 235 g/mol. The van der Waals surface area contributed by atoms with Gasteiger partial charge in [0.05, 0.1) is 11.6 Å². The van der Waals surface area contributed by atoms with Crippen molar-refractivity contribution in [3.63, 3.8) is 0 Å². The SMILES string of the molecule is O=C(C1CC12CC2)N1CCC(O)C12CCCC2. The minimum absolute atomic E-state index is 0.157. The van der Waals surface area contributed by atoms with Crippen LogP contribution in [0, 0.1) is 11.3 Å². The fraction of sp³-hybridized carbons (Fsp3) is 0.929. The molecule has 0 bridgehead atoms. The van der Waals surface area contributed by atoms with Gasteiger partial charge in [-0.15, -0.1) is 0 Å². The van der Waals surface area contributed by atoms with Crippen molar-refractivity contribution in [2.45, 2.75) is 63.0 Å². The lowest BCUT2D eigenvalue weighted by Crippen LogP contribution is -2.51. The van der Waals surface area contributed by atoms with Crippen LogP contribution in [-0.4, -0.2) is 34.1 Å². The van der Waals surface area contributed by atoms with Crippen molar-refractivity contribution in [2.75, 3.05) is 6.54 Å². The third-order valence-corrected chi connectivity index (χ3v) is 5.90. The fourth-order valence-corrected chi connectivity index (χ4v) is 4.44. The van der Waals surface area contributed by atoms with E-state index in [1.807, 2.05) is 0 Å². The number of carbonyl (C=O) groups is 1. The van der Waals surface area contributed by atoms with E-state index < -0.39 is 0 Å². The molecule has 0 aromatic heterocycles. The van der Waals surface area contributed by atoms with Gasteiger partial charge in [-0.2, -0.15) is 0 Å². The molecule has 1 heterocycles. The average Bonchev–Trinajstić information content (AvgIpc) is 3.18.